The van der Waals surface area contributed by atoms with Gasteiger partial charge in [-0.1, -0.05) is 19.1 Å². The first kappa shape index (κ1) is 17.5. The third kappa shape index (κ3) is 4.81. The number of amides is 1. The van der Waals surface area contributed by atoms with Gasteiger partial charge in [0.25, 0.3) is 5.91 Å². The second kappa shape index (κ2) is 8.10. The lowest BCUT2D eigenvalue weighted by atomic mass is 10.1. The standard InChI is InChI=1S/C18H20N2O4/c1-3-16(18(22)23)20-17(21)14-6-4-5-13(9-14)11-24-15-8-7-12(2)19-10-15/h4-10,16H,3,11H2,1-2H3,(H,20,21)(H,22,23). The highest BCUT2D eigenvalue weighted by atomic mass is 16.5. The summed E-state index contributed by atoms with van der Waals surface area (Å²) in [5, 5.41) is 11.5. The second-order valence-electron chi connectivity index (χ2n) is 5.40. The zero-order valence-electron chi connectivity index (χ0n) is 13.7. The monoisotopic (exact) mass is 328 g/mol. The summed E-state index contributed by atoms with van der Waals surface area (Å²) in [7, 11) is 0. The predicted molar refractivity (Wildman–Crippen MR) is 88.9 cm³/mol. The Hall–Kier alpha value is -2.89. The molecule has 1 aromatic heterocycles. The van der Waals surface area contributed by atoms with E-state index in [0.29, 0.717) is 24.3 Å². The molecule has 6 heteroatoms. The van der Waals surface area contributed by atoms with Gasteiger partial charge in [-0.05, 0) is 43.2 Å². The van der Waals surface area contributed by atoms with E-state index in [1.165, 1.54) is 0 Å². The van der Waals surface area contributed by atoms with E-state index in [0.717, 1.165) is 11.3 Å². The van der Waals surface area contributed by atoms with Crippen LogP contribution in [0.4, 0.5) is 0 Å². The van der Waals surface area contributed by atoms with E-state index in [9.17, 15) is 9.59 Å². The maximum absolute atomic E-state index is 12.2. The van der Waals surface area contributed by atoms with E-state index in [2.05, 4.69) is 10.3 Å². The fourth-order valence-corrected chi connectivity index (χ4v) is 2.09. The Kier molecular flexibility index (Phi) is 5.89. The van der Waals surface area contributed by atoms with Crippen LogP contribution in [-0.2, 0) is 11.4 Å². The number of ether oxygens (including phenoxy) is 1. The molecule has 0 radical (unpaired) electrons. The first-order valence-corrected chi connectivity index (χ1v) is 7.67. The molecular weight excluding hydrogens is 308 g/mol. The van der Waals surface area contributed by atoms with Gasteiger partial charge >= 0.3 is 5.97 Å². The number of carbonyl (C=O) groups is 2. The summed E-state index contributed by atoms with van der Waals surface area (Å²) < 4.78 is 5.63. The second-order valence-corrected chi connectivity index (χ2v) is 5.40. The lowest BCUT2D eigenvalue weighted by Gasteiger charge is -2.13. The van der Waals surface area contributed by atoms with Gasteiger partial charge in [-0.15, -0.1) is 0 Å². The third-order valence-electron chi connectivity index (χ3n) is 3.49. The van der Waals surface area contributed by atoms with Crippen LogP contribution < -0.4 is 10.1 Å². The molecule has 2 rings (SSSR count). The van der Waals surface area contributed by atoms with Crippen molar-refractivity contribution in [2.75, 3.05) is 0 Å². The lowest BCUT2D eigenvalue weighted by Crippen LogP contribution is -2.40. The fraction of sp³-hybridized carbons (Fsp3) is 0.278. The molecule has 24 heavy (non-hydrogen) atoms. The van der Waals surface area contributed by atoms with Crippen molar-refractivity contribution in [1.29, 1.82) is 0 Å². The number of aryl methyl sites for hydroxylation is 1. The zero-order chi connectivity index (χ0) is 17.5. The number of hydrogen-bond acceptors (Lipinski definition) is 4. The summed E-state index contributed by atoms with van der Waals surface area (Å²) in [4.78, 5) is 27.3. The number of aliphatic carboxylic acids is 1. The summed E-state index contributed by atoms with van der Waals surface area (Å²) >= 11 is 0. The van der Waals surface area contributed by atoms with E-state index in [1.807, 2.05) is 25.1 Å². The average molecular weight is 328 g/mol. The normalized spacial score (nSPS) is 11.6. The van der Waals surface area contributed by atoms with E-state index < -0.39 is 17.9 Å². The van der Waals surface area contributed by atoms with Crippen molar-refractivity contribution in [2.24, 2.45) is 0 Å². The summed E-state index contributed by atoms with van der Waals surface area (Å²) in [6, 6.07) is 9.70. The molecule has 1 heterocycles. The number of nitrogens with one attached hydrogen (secondary N) is 1. The first-order chi connectivity index (χ1) is 11.5. The molecule has 6 nitrogen and oxygen atoms in total. The van der Waals surface area contributed by atoms with Crippen molar-refractivity contribution >= 4 is 11.9 Å². The number of benzene rings is 1. The molecule has 0 saturated heterocycles. The largest absolute Gasteiger partial charge is 0.487 e. The topological polar surface area (TPSA) is 88.5 Å². The minimum absolute atomic E-state index is 0.294. The summed E-state index contributed by atoms with van der Waals surface area (Å²) in [5.41, 5.74) is 2.12. The number of aromatic nitrogens is 1. The third-order valence-corrected chi connectivity index (χ3v) is 3.49. The average Bonchev–Trinajstić information content (AvgIpc) is 2.59. The number of carboxylic acid groups (broad SMARTS) is 1. The Labute approximate surface area is 140 Å². The summed E-state index contributed by atoms with van der Waals surface area (Å²) in [5.74, 6) is -0.812. The Morgan fingerprint density at radius 2 is 2.08 bits per heavy atom. The van der Waals surface area contributed by atoms with Crippen LogP contribution in [-0.4, -0.2) is 28.0 Å². The van der Waals surface area contributed by atoms with Crippen LogP contribution in [0.1, 0.15) is 35.0 Å². The van der Waals surface area contributed by atoms with Crippen molar-refractivity contribution in [1.82, 2.24) is 10.3 Å². The molecule has 1 atom stereocenters. The Morgan fingerprint density at radius 3 is 2.71 bits per heavy atom. The molecule has 0 aliphatic rings. The maximum atomic E-state index is 12.2. The minimum atomic E-state index is -1.04. The SMILES string of the molecule is CCC(NC(=O)c1cccc(COc2ccc(C)nc2)c1)C(=O)O. The van der Waals surface area contributed by atoms with Crippen LogP contribution in [0.25, 0.3) is 0 Å². The Bertz CT molecular complexity index is 713. The van der Waals surface area contributed by atoms with E-state index in [-0.39, 0.29) is 0 Å². The number of carboxylic acids is 1. The Balaban J connectivity index is 2.01. The van der Waals surface area contributed by atoms with Crippen molar-refractivity contribution in [3.8, 4) is 5.75 Å². The van der Waals surface area contributed by atoms with Gasteiger partial charge in [-0.25, -0.2) is 4.79 Å². The first-order valence-electron chi connectivity index (χ1n) is 7.67. The number of hydrogen-bond donors (Lipinski definition) is 2. The van der Waals surface area contributed by atoms with Crippen LogP contribution in [0.5, 0.6) is 5.75 Å². The highest BCUT2D eigenvalue weighted by molar-refractivity contribution is 5.96. The van der Waals surface area contributed by atoms with Crippen molar-refractivity contribution < 1.29 is 19.4 Å². The molecule has 0 aliphatic heterocycles. The zero-order valence-corrected chi connectivity index (χ0v) is 13.7. The predicted octanol–water partition coefficient (Wildman–Crippen LogP) is 2.56. The number of rotatable bonds is 7. The molecule has 1 aromatic carbocycles. The number of pyridine rings is 1. The lowest BCUT2D eigenvalue weighted by molar-refractivity contribution is -0.139. The smallest absolute Gasteiger partial charge is 0.326 e. The van der Waals surface area contributed by atoms with E-state index in [1.54, 1.807) is 31.3 Å². The quantitative estimate of drug-likeness (QED) is 0.815. The number of nitrogens with zero attached hydrogens (tertiary/aromatic N) is 1. The molecule has 0 fully saturated rings. The molecule has 126 valence electrons. The van der Waals surface area contributed by atoms with Gasteiger partial charge in [0, 0.05) is 11.3 Å². The van der Waals surface area contributed by atoms with Crippen molar-refractivity contribution in [3.63, 3.8) is 0 Å². The molecular formula is C18H20N2O4. The molecule has 1 unspecified atom stereocenters. The van der Waals surface area contributed by atoms with Gasteiger partial charge in [0.2, 0.25) is 0 Å². The van der Waals surface area contributed by atoms with E-state index in [4.69, 9.17) is 9.84 Å². The van der Waals surface area contributed by atoms with Gasteiger partial charge in [0.1, 0.15) is 18.4 Å². The van der Waals surface area contributed by atoms with Gasteiger partial charge in [0.15, 0.2) is 0 Å². The maximum Gasteiger partial charge on any atom is 0.326 e. The molecule has 1 amide bonds. The molecule has 2 aromatic rings. The molecule has 2 N–H and O–H groups in total. The van der Waals surface area contributed by atoms with Gasteiger partial charge < -0.3 is 15.2 Å². The van der Waals surface area contributed by atoms with E-state index >= 15 is 0 Å². The van der Waals surface area contributed by atoms with Crippen molar-refractivity contribution in [3.05, 3.63) is 59.4 Å². The summed E-state index contributed by atoms with van der Waals surface area (Å²) in [6.45, 7) is 3.90. The molecule has 0 saturated carbocycles. The van der Waals surface area contributed by atoms with Crippen LogP contribution in [0.2, 0.25) is 0 Å². The van der Waals surface area contributed by atoms with Crippen LogP contribution in [0.15, 0.2) is 42.6 Å². The van der Waals surface area contributed by atoms with Gasteiger partial charge in [-0.3, -0.25) is 9.78 Å². The van der Waals surface area contributed by atoms with Gasteiger partial charge in [-0.2, -0.15) is 0 Å². The molecule has 0 aliphatic carbocycles. The van der Waals surface area contributed by atoms with Crippen LogP contribution >= 0.6 is 0 Å². The van der Waals surface area contributed by atoms with Crippen molar-refractivity contribution in [2.45, 2.75) is 32.9 Å². The van der Waals surface area contributed by atoms with Gasteiger partial charge in [0.05, 0.1) is 6.20 Å². The highest BCUT2D eigenvalue weighted by Crippen LogP contribution is 2.13. The fourth-order valence-electron chi connectivity index (χ4n) is 2.09. The summed E-state index contributed by atoms with van der Waals surface area (Å²) in [6.07, 6.45) is 1.97. The van der Waals surface area contributed by atoms with Crippen LogP contribution in [0.3, 0.4) is 0 Å². The highest BCUT2D eigenvalue weighted by Gasteiger charge is 2.18. The molecule has 0 bridgehead atoms. The molecule has 0 spiro atoms. The minimum Gasteiger partial charge on any atom is -0.487 e. The van der Waals surface area contributed by atoms with Crippen LogP contribution in [0, 0.1) is 6.92 Å². The Morgan fingerprint density at radius 1 is 1.29 bits per heavy atom. The number of carbonyl (C=O) groups excluding carboxylic acids is 1.